The molecule has 2 N–H and O–H groups in total. The number of rotatable bonds is 12. The number of ether oxygens (including phenoxy) is 1. The number of imidazole rings is 1. The summed E-state index contributed by atoms with van der Waals surface area (Å²) >= 11 is 6.65. The van der Waals surface area contributed by atoms with Gasteiger partial charge in [0.1, 0.15) is 24.2 Å². The molecule has 0 aliphatic carbocycles. The molecule has 3 aromatic carbocycles. The van der Waals surface area contributed by atoms with Gasteiger partial charge in [0.25, 0.3) is 0 Å². The largest absolute Gasteiger partial charge is 0.508 e. The van der Waals surface area contributed by atoms with Crippen molar-refractivity contribution >= 4 is 17.6 Å². The van der Waals surface area contributed by atoms with Crippen molar-refractivity contribution in [3.8, 4) is 28.3 Å². The van der Waals surface area contributed by atoms with Crippen molar-refractivity contribution in [1.29, 1.82) is 0 Å². The molecule has 11 heteroatoms. The van der Waals surface area contributed by atoms with E-state index in [-0.39, 0.29) is 12.4 Å². The Kier molecular flexibility index (Phi) is 9.48. The first-order valence-corrected chi connectivity index (χ1v) is 14.5. The number of nitrogens with one attached hydrogen (secondary N) is 1. The molecule has 0 saturated carbocycles. The second kappa shape index (κ2) is 13.6. The minimum atomic E-state index is -0.641. The number of aromatic nitrogens is 6. The van der Waals surface area contributed by atoms with Crippen LogP contribution in [-0.4, -0.2) is 60.2 Å². The maximum Gasteiger partial charge on any atom is 0.328 e. The number of esters is 1. The van der Waals surface area contributed by atoms with E-state index in [1.807, 2.05) is 38.4 Å². The highest BCUT2D eigenvalue weighted by Gasteiger charge is 2.26. The monoisotopic (exact) mass is 599 g/mol. The molecule has 0 radical (unpaired) electrons. The number of hydrogen-bond donors (Lipinski definition) is 2. The third-order valence-corrected chi connectivity index (χ3v) is 7.58. The highest BCUT2D eigenvalue weighted by Crippen LogP contribution is 2.30. The zero-order valence-corrected chi connectivity index (χ0v) is 25.1. The number of hydrogen-bond acceptors (Lipinski definition) is 8. The lowest BCUT2D eigenvalue weighted by atomic mass is 9.98. The number of aryl methyl sites for hydroxylation is 1. The van der Waals surface area contributed by atoms with Crippen LogP contribution in [0.25, 0.3) is 22.5 Å². The van der Waals surface area contributed by atoms with Crippen LogP contribution in [0.2, 0.25) is 5.15 Å². The SMILES string of the molecule is CCCCc1nc(Cl)c(COC(=O)[C@@H](c2ccc(O)cc2)N(C)C)n1Cc1ccc(-c2ccccc2-c2nn[nH]n2)cc1. The van der Waals surface area contributed by atoms with E-state index in [1.54, 1.807) is 29.2 Å². The molecular weight excluding hydrogens is 566 g/mol. The van der Waals surface area contributed by atoms with E-state index in [2.05, 4.69) is 61.4 Å². The summed E-state index contributed by atoms with van der Waals surface area (Å²) in [6, 6.07) is 22.1. The van der Waals surface area contributed by atoms with Gasteiger partial charge in [-0.05, 0) is 60.1 Å². The average Bonchev–Trinajstić information content (AvgIpc) is 3.64. The van der Waals surface area contributed by atoms with Crippen LogP contribution in [0.4, 0.5) is 0 Å². The molecule has 0 saturated heterocycles. The van der Waals surface area contributed by atoms with Gasteiger partial charge in [0.05, 0.1) is 5.69 Å². The summed E-state index contributed by atoms with van der Waals surface area (Å²) in [5.74, 6) is 1.11. The van der Waals surface area contributed by atoms with E-state index in [4.69, 9.17) is 16.3 Å². The summed E-state index contributed by atoms with van der Waals surface area (Å²) in [6.07, 6.45) is 2.73. The molecule has 0 aliphatic heterocycles. The summed E-state index contributed by atoms with van der Waals surface area (Å²) in [7, 11) is 3.62. The molecule has 5 aromatic rings. The molecule has 10 nitrogen and oxygen atoms in total. The highest BCUT2D eigenvalue weighted by molar-refractivity contribution is 6.30. The number of phenols is 1. The zero-order chi connectivity index (χ0) is 30.3. The smallest absolute Gasteiger partial charge is 0.328 e. The number of benzene rings is 3. The first-order valence-electron chi connectivity index (χ1n) is 14.1. The summed E-state index contributed by atoms with van der Waals surface area (Å²) in [4.78, 5) is 19.7. The van der Waals surface area contributed by atoms with Crippen molar-refractivity contribution < 1.29 is 14.6 Å². The molecular formula is C32H34ClN7O3. The van der Waals surface area contributed by atoms with E-state index < -0.39 is 12.0 Å². The van der Waals surface area contributed by atoms with Crippen LogP contribution >= 0.6 is 11.6 Å². The van der Waals surface area contributed by atoms with Gasteiger partial charge in [0.15, 0.2) is 5.15 Å². The lowest BCUT2D eigenvalue weighted by Crippen LogP contribution is -2.29. The van der Waals surface area contributed by atoms with Gasteiger partial charge in [0.2, 0.25) is 5.82 Å². The Morgan fingerprint density at radius 1 is 1.05 bits per heavy atom. The number of unbranched alkanes of at least 4 members (excludes halogenated alkanes) is 1. The molecule has 0 amide bonds. The Hall–Kier alpha value is -4.54. The number of tetrazole rings is 1. The number of carbonyl (C=O) groups is 1. The van der Waals surface area contributed by atoms with E-state index in [0.29, 0.717) is 23.2 Å². The van der Waals surface area contributed by atoms with Gasteiger partial charge in [-0.15, -0.1) is 10.2 Å². The van der Waals surface area contributed by atoms with Crippen LogP contribution in [0.3, 0.4) is 0 Å². The predicted octanol–water partition coefficient (Wildman–Crippen LogP) is 5.83. The fraction of sp³-hybridized carbons (Fsp3) is 0.281. The Bertz CT molecular complexity index is 1650. The summed E-state index contributed by atoms with van der Waals surface area (Å²) in [5.41, 5.74) is 5.33. The molecule has 0 bridgehead atoms. The minimum absolute atomic E-state index is 0.0185. The molecule has 0 unspecified atom stereocenters. The minimum Gasteiger partial charge on any atom is -0.508 e. The molecule has 0 aliphatic rings. The number of nitrogens with zero attached hydrogens (tertiary/aromatic N) is 6. The standard InChI is InChI=1S/C32H34ClN7O3/c1-4-5-10-28-34-30(33)27(20-43-32(42)29(39(2)3)23-15-17-24(41)18-16-23)40(28)19-21-11-13-22(14-12-21)25-8-6-7-9-26(25)31-35-37-38-36-31/h6-9,11-18,29,41H,4-5,10,19-20H2,1-3H3,(H,35,36,37,38)/t29-/m1/s1. The normalized spacial score (nSPS) is 12.0. The number of H-pyrrole nitrogens is 1. The molecule has 2 aromatic heterocycles. The molecule has 222 valence electrons. The van der Waals surface area contributed by atoms with Crippen LogP contribution in [-0.2, 0) is 29.1 Å². The first-order chi connectivity index (χ1) is 20.9. The molecule has 0 fully saturated rings. The highest BCUT2D eigenvalue weighted by atomic mass is 35.5. The fourth-order valence-electron chi connectivity index (χ4n) is 5.05. The van der Waals surface area contributed by atoms with Gasteiger partial charge < -0.3 is 14.4 Å². The second-order valence-electron chi connectivity index (χ2n) is 10.5. The molecule has 0 spiro atoms. The second-order valence-corrected chi connectivity index (χ2v) is 10.9. The number of aromatic amines is 1. The number of aromatic hydroxyl groups is 1. The average molecular weight is 600 g/mol. The van der Waals surface area contributed by atoms with Crippen LogP contribution in [0.1, 0.15) is 48.5 Å². The summed E-state index contributed by atoms with van der Waals surface area (Å²) in [6.45, 7) is 2.64. The van der Waals surface area contributed by atoms with Gasteiger partial charge in [0, 0.05) is 18.5 Å². The van der Waals surface area contributed by atoms with E-state index >= 15 is 0 Å². The van der Waals surface area contributed by atoms with Crippen molar-refractivity contribution in [1.82, 2.24) is 35.1 Å². The maximum absolute atomic E-state index is 13.3. The van der Waals surface area contributed by atoms with Crippen molar-refractivity contribution in [3.63, 3.8) is 0 Å². The maximum atomic E-state index is 13.3. The van der Waals surface area contributed by atoms with E-state index in [9.17, 15) is 9.90 Å². The lowest BCUT2D eigenvalue weighted by Gasteiger charge is -2.23. The van der Waals surface area contributed by atoms with Crippen molar-refractivity contribution in [2.24, 2.45) is 0 Å². The summed E-state index contributed by atoms with van der Waals surface area (Å²) in [5, 5.41) is 24.5. The van der Waals surface area contributed by atoms with Crippen LogP contribution in [0.15, 0.2) is 72.8 Å². The molecule has 2 heterocycles. The zero-order valence-electron chi connectivity index (χ0n) is 24.4. The van der Waals surface area contributed by atoms with Gasteiger partial charge in [-0.3, -0.25) is 4.90 Å². The predicted molar refractivity (Wildman–Crippen MR) is 164 cm³/mol. The van der Waals surface area contributed by atoms with Crippen LogP contribution in [0.5, 0.6) is 5.75 Å². The molecule has 43 heavy (non-hydrogen) atoms. The quantitative estimate of drug-likeness (QED) is 0.172. The van der Waals surface area contributed by atoms with Gasteiger partial charge >= 0.3 is 5.97 Å². The van der Waals surface area contributed by atoms with Crippen molar-refractivity contribution in [2.45, 2.75) is 45.4 Å². The number of likely N-dealkylation sites (N-methyl/N-ethyl adjacent to an activating group) is 1. The fourth-order valence-corrected chi connectivity index (χ4v) is 5.31. The Morgan fingerprint density at radius 3 is 2.42 bits per heavy atom. The van der Waals surface area contributed by atoms with E-state index in [0.717, 1.165) is 52.9 Å². The van der Waals surface area contributed by atoms with Crippen molar-refractivity contribution in [3.05, 3.63) is 101 Å². The van der Waals surface area contributed by atoms with E-state index in [1.165, 1.54) is 0 Å². The van der Waals surface area contributed by atoms with Crippen LogP contribution in [0, 0.1) is 0 Å². The number of halogens is 1. The lowest BCUT2D eigenvalue weighted by molar-refractivity contribution is -0.150. The van der Waals surface area contributed by atoms with Gasteiger partial charge in [-0.1, -0.05) is 85.6 Å². The Balaban J connectivity index is 1.38. The van der Waals surface area contributed by atoms with Crippen LogP contribution < -0.4 is 0 Å². The van der Waals surface area contributed by atoms with Gasteiger partial charge in [-0.2, -0.15) is 5.21 Å². The van der Waals surface area contributed by atoms with Gasteiger partial charge in [-0.25, -0.2) is 9.78 Å². The summed E-state index contributed by atoms with van der Waals surface area (Å²) < 4.78 is 7.89. The number of phenolic OH excluding ortho intramolecular Hbond substituents is 1. The number of carbonyl (C=O) groups excluding carboxylic acids is 1. The topological polar surface area (TPSA) is 122 Å². The third-order valence-electron chi connectivity index (χ3n) is 7.28. The Morgan fingerprint density at radius 2 is 1.77 bits per heavy atom. The first kappa shape index (κ1) is 29.9. The van der Waals surface area contributed by atoms with Crippen molar-refractivity contribution in [2.75, 3.05) is 14.1 Å². The molecule has 1 atom stereocenters. The molecule has 5 rings (SSSR count). The third kappa shape index (κ3) is 6.93. The Labute approximate surface area is 255 Å².